The van der Waals surface area contributed by atoms with Crippen molar-refractivity contribution < 1.29 is 9.47 Å². The van der Waals surface area contributed by atoms with Gasteiger partial charge >= 0.3 is 0 Å². The van der Waals surface area contributed by atoms with E-state index in [0.29, 0.717) is 22.9 Å². The van der Waals surface area contributed by atoms with Crippen molar-refractivity contribution in [3.8, 4) is 22.9 Å². The molecule has 2 aliphatic heterocycles. The zero-order chi connectivity index (χ0) is 25.8. The van der Waals surface area contributed by atoms with Crippen molar-refractivity contribution in [2.75, 3.05) is 39.1 Å². The van der Waals surface area contributed by atoms with Crippen LogP contribution >= 0.6 is 11.9 Å². The Bertz CT molecular complexity index is 1180. The fourth-order valence-corrected chi connectivity index (χ4v) is 5.88. The quantitative estimate of drug-likeness (QED) is 0.413. The van der Waals surface area contributed by atoms with Gasteiger partial charge in [0.05, 0.1) is 30.3 Å². The highest BCUT2D eigenvalue weighted by molar-refractivity contribution is 7.98. The molecule has 2 aliphatic rings. The first-order valence-corrected chi connectivity index (χ1v) is 13.9. The number of nitrogens with two attached hydrogens (primary N) is 1. The smallest absolute Gasteiger partial charge is 0.263 e. The van der Waals surface area contributed by atoms with E-state index in [1.165, 1.54) is 16.7 Å². The standard InChI is InChI=1S/C27H37N7O2S/c1-18-12-20(13-19(2)24(18)15-31-37-23-6-10-35-11-7-23)25-16-29-26(28)27(32-25)36-22-14-30-34(17-22)21-4-8-33(3)9-5-21/h12-14,16-17,21,23,31H,4-11,15H2,1-3H3,(H2,28,29). The topological polar surface area (TPSA) is 103 Å². The Kier molecular flexibility index (Phi) is 8.29. The third-order valence-corrected chi connectivity index (χ3v) is 8.40. The molecule has 1 aromatic carbocycles. The maximum atomic E-state index is 6.13. The number of rotatable bonds is 8. The normalized spacial score (nSPS) is 17.8. The van der Waals surface area contributed by atoms with E-state index in [1.54, 1.807) is 12.4 Å². The van der Waals surface area contributed by atoms with Crippen LogP contribution in [0.3, 0.4) is 0 Å². The average Bonchev–Trinajstić information content (AvgIpc) is 3.36. The van der Waals surface area contributed by atoms with Crippen molar-refractivity contribution in [3.63, 3.8) is 0 Å². The molecular weight excluding hydrogens is 486 g/mol. The molecule has 0 unspecified atom stereocenters. The summed E-state index contributed by atoms with van der Waals surface area (Å²) in [7, 11) is 2.16. The van der Waals surface area contributed by atoms with Gasteiger partial charge in [-0.25, -0.2) is 9.97 Å². The Balaban J connectivity index is 1.26. The SMILES string of the molecule is Cc1cc(-c2cnc(N)c(Oc3cnn(C4CCN(C)CC4)c3)n2)cc(C)c1CNSC1CCOCC1. The number of nitrogen functional groups attached to an aromatic ring is 1. The van der Waals surface area contributed by atoms with E-state index in [-0.39, 0.29) is 5.82 Å². The number of likely N-dealkylation sites (tertiary alicyclic amines) is 1. The molecule has 3 N–H and O–H groups in total. The summed E-state index contributed by atoms with van der Waals surface area (Å²) in [4.78, 5) is 11.4. The summed E-state index contributed by atoms with van der Waals surface area (Å²) in [6.45, 7) is 8.98. The lowest BCUT2D eigenvalue weighted by Crippen LogP contribution is -2.31. The van der Waals surface area contributed by atoms with Crippen LogP contribution in [0.5, 0.6) is 11.6 Å². The molecule has 10 heteroatoms. The molecule has 0 bridgehead atoms. The van der Waals surface area contributed by atoms with Gasteiger partial charge in [0.2, 0.25) is 0 Å². The summed E-state index contributed by atoms with van der Waals surface area (Å²) in [5, 5.41) is 5.15. The predicted octanol–water partition coefficient (Wildman–Crippen LogP) is 4.51. The Labute approximate surface area is 223 Å². The van der Waals surface area contributed by atoms with Gasteiger partial charge in [-0.15, -0.1) is 0 Å². The highest BCUT2D eigenvalue weighted by Gasteiger charge is 2.20. The molecule has 0 radical (unpaired) electrons. The molecule has 2 aromatic heterocycles. The van der Waals surface area contributed by atoms with Crippen LogP contribution in [0, 0.1) is 13.8 Å². The molecule has 4 heterocycles. The molecule has 37 heavy (non-hydrogen) atoms. The zero-order valence-corrected chi connectivity index (χ0v) is 22.8. The van der Waals surface area contributed by atoms with E-state index >= 15 is 0 Å². The second kappa shape index (κ2) is 11.8. The van der Waals surface area contributed by atoms with Crippen LogP contribution in [0.4, 0.5) is 5.82 Å². The van der Waals surface area contributed by atoms with Crippen molar-refractivity contribution >= 4 is 17.8 Å². The summed E-state index contributed by atoms with van der Waals surface area (Å²) >= 11 is 1.83. The van der Waals surface area contributed by atoms with Gasteiger partial charge in [0.15, 0.2) is 11.6 Å². The van der Waals surface area contributed by atoms with Gasteiger partial charge in [0.25, 0.3) is 5.88 Å². The first-order valence-electron chi connectivity index (χ1n) is 13.1. The van der Waals surface area contributed by atoms with Crippen LogP contribution in [0.1, 0.15) is 48.4 Å². The number of hydrogen-bond donors (Lipinski definition) is 2. The maximum absolute atomic E-state index is 6.13. The molecule has 0 spiro atoms. The number of benzene rings is 1. The van der Waals surface area contributed by atoms with E-state index in [2.05, 4.69) is 52.7 Å². The number of piperidine rings is 1. The molecule has 3 aromatic rings. The van der Waals surface area contributed by atoms with Crippen LogP contribution in [-0.4, -0.2) is 63.2 Å². The van der Waals surface area contributed by atoms with E-state index in [4.69, 9.17) is 20.2 Å². The summed E-state index contributed by atoms with van der Waals surface area (Å²) in [6.07, 6.45) is 9.72. The van der Waals surface area contributed by atoms with Gasteiger partial charge in [0.1, 0.15) is 0 Å². The Morgan fingerprint density at radius 1 is 1.11 bits per heavy atom. The van der Waals surface area contributed by atoms with E-state index in [0.717, 1.165) is 69.8 Å². The Morgan fingerprint density at radius 3 is 2.57 bits per heavy atom. The second-order valence-corrected chi connectivity index (χ2v) is 11.3. The van der Waals surface area contributed by atoms with E-state index in [1.807, 2.05) is 22.8 Å². The molecule has 0 atom stereocenters. The first kappa shape index (κ1) is 26.0. The van der Waals surface area contributed by atoms with Crippen LogP contribution in [0.15, 0.2) is 30.7 Å². The van der Waals surface area contributed by atoms with Crippen LogP contribution in [0.25, 0.3) is 11.3 Å². The van der Waals surface area contributed by atoms with E-state index < -0.39 is 0 Å². The van der Waals surface area contributed by atoms with Gasteiger partial charge in [0, 0.05) is 30.6 Å². The van der Waals surface area contributed by atoms with Gasteiger partial charge in [-0.3, -0.25) is 9.40 Å². The van der Waals surface area contributed by atoms with E-state index in [9.17, 15) is 0 Å². The Morgan fingerprint density at radius 2 is 1.84 bits per heavy atom. The van der Waals surface area contributed by atoms with Gasteiger partial charge in [-0.2, -0.15) is 5.10 Å². The number of nitrogens with zero attached hydrogens (tertiary/aromatic N) is 5. The minimum atomic E-state index is 0.259. The lowest BCUT2D eigenvalue weighted by molar-refractivity contribution is 0.0999. The molecule has 0 aliphatic carbocycles. The molecular formula is C27H37N7O2S. The van der Waals surface area contributed by atoms with Crippen molar-refractivity contribution in [3.05, 3.63) is 47.4 Å². The number of hydrogen-bond acceptors (Lipinski definition) is 9. The molecule has 198 valence electrons. The molecule has 2 saturated heterocycles. The highest BCUT2D eigenvalue weighted by atomic mass is 32.2. The highest BCUT2D eigenvalue weighted by Crippen LogP contribution is 2.31. The molecule has 2 fully saturated rings. The number of aryl methyl sites for hydroxylation is 2. The number of nitrogens with one attached hydrogen (secondary N) is 1. The van der Waals surface area contributed by atoms with Gasteiger partial charge < -0.3 is 20.1 Å². The third-order valence-electron chi connectivity index (χ3n) is 7.28. The van der Waals surface area contributed by atoms with Crippen molar-refractivity contribution in [1.29, 1.82) is 0 Å². The third kappa shape index (κ3) is 6.43. The maximum Gasteiger partial charge on any atom is 0.263 e. The lowest BCUT2D eigenvalue weighted by atomic mass is 9.98. The van der Waals surface area contributed by atoms with Crippen molar-refractivity contribution in [2.24, 2.45) is 0 Å². The summed E-state index contributed by atoms with van der Waals surface area (Å²) in [5.74, 6) is 1.18. The zero-order valence-electron chi connectivity index (χ0n) is 21.9. The van der Waals surface area contributed by atoms with Crippen molar-refractivity contribution in [1.82, 2.24) is 29.4 Å². The molecule has 9 nitrogen and oxygen atoms in total. The largest absolute Gasteiger partial charge is 0.433 e. The fraction of sp³-hybridized carbons (Fsp3) is 0.519. The number of ether oxygens (including phenoxy) is 2. The first-order chi connectivity index (χ1) is 18.0. The minimum Gasteiger partial charge on any atom is -0.433 e. The fourth-order valence-electron chi connectivity index (χ4n) is 4.99. The average molecular weight is 524 g/mol. The van der Waals surface area contributed by atoms with Gasteiger partial charge in [-0.05, 0) is 88.5 Å². The van der Waals surface area contributed by atoms with Crippen LogP contribution in [0.2, 0.25) is 0 Å². The van der Waals surface area contributed by atoms with Crippen LogP contribution in [-0.2, 0) is 11.3 Å². The molecule has 5 rings (SSSR count). The van der Waals surface area contributed by atoms with Crippen molar-refractivity contribution in [2.45, 2.75) is 57.4 Å². The van der Waals surface area contributed by atoms with Crippen LogP contribution < -0.4 is 15.2 Å². The minimum absolute atomic E-state index is 0.259. The summed E-state index contributed by atoms with van der Waals surface area (Å²) in [6, 6.07) is 4.70. The summed E-state index contributed by atoms with van der Waals surface area (Å²) in [5.41, 5.74) is 11.6. The summed E-state index contributed by atoms with van der Waals surface area (Å²) < 4.78 is 17.1. The lowest BCUT2D eigenvalue weighted by Gasteiger charge is -2.28. The number of aromatic nitrogens is 4. The Hall–Kier alpha value is -2.66. The van der Waals surface area contributed by atoms with Gasteiger partial charge in [-0.1, -0.05) is 11.9 Å². The molecule has 0 saturated carbocycles. The predicted molar refractivity (Wildman–Crippen MR) is 148 cm³/mol. The number of anilines is 1. The second-order valence-electron chi connectivity index (χ2n) is 10.1. The monoisotopic (exact) mass is 523 g/mol. The molecule has 0 amide bonds.